The third kappa shape index (κ3) is 4.40. The van der Waals surface area contributed by atoms with Gasteiger partial charge in [0.15, 0.2) is 0 Å². The van der Waals surface area contributed by atoms with Crippen LogP contribution in [0, 0.1) is 6.92 Å². The predicted octanol–water partition coefficient (Wildman–Crippen LogP) is 5.21. The predicted molar refractivity (Wildman–Crippen MR) is 107 cm³/mol. The molecule has 0 aliphatic carbocycles. The van der Waals surface area contributed by atoms with E-state index in [4.69, 9.17) is 12.2 Å². The van der Waals surface area contributed by atoms with E-state index in [9.17, 15) is 4.79 Å². The Hall–Kier alpha value is -2.78. The Balaban J connectivity index is 1.81. The highest BCUT2D eigenvalue weighted by Gasteiger charge is 2.14. The first kappa shape index (κ1) is 17.1. The standard InChI is InChI=1S/C22H19NOS/c1-16-11-13-18(14-12-16)23-22(24)20-10-6-5-9-19(20)21(25)15-17-7-3-2-4-8-17/h2-14H,15H2,1H3,(H,23,24). The minimum atomic E-state index is -0.144. The summed E-state index contributed by atoms with van der Waals surface area (Å²) < 4.78 is 0. The molecule has 0 bridgehead atoms. The summed E-state index contributed by atoms with van der Waals surface area (Å²) in [5.41, 5.74) is 4.48. The van der Waals surface area contributed by atoms with Crippen LogP contribution < -0.4 is 5.32 Å². The zero-order valence-corrected chi connectivity index (χ0v) is 14.8. The molecular formula is C22H19NOS. The molecule has 0 unspecified atom stereocenters. The number of carbonyl (C=O) groups is 1. The first-order valence-corrected chi connectivity index (χ1v) is 8.58. The van der Waals surface area contributed by atoms with E-state index in [0.717, 1.165) is 27.2 Å². The summed E-state index contributed by atoms with van der Waals surface area (Å²) in [5, 5.41) is 2.95. The number of nitrogens with one attached hydrogen (secondary N) is 1. The van der Waals surface area contributed by atoms with Crippen LogP contribution in [0.25, 0.3) is 0 Å². The van der Waals surface area contributed by atoms with E-state index in [1.165, 1.54) is 0 Å². The van der Waals surface area contributed by atoms with E-state index in [0.29, 0.717) is 12.0 Å². The number of thiocarbonyl (C=S) groups is 1. The van der Waals surface area contributed by atoms with Gasteiger partial charge >= 0.3 is 0 Å². The van der Waals surface area contributed by atoms with Crippen molar-refractivity contribution >= 4 is 28.7 Å². The quantitative estimate of drug-likeness (QED) is 0.508. The summed E-state index contributed by atoms with van der Waals surface area (Å²) in [6.07, 6.45) is 0.644. The van der Waals surface area contributed by atoms with Crippen LogP contribution in [-0.2, 0) is 6.42 Å². The minimum absolute atomic E-state index is 0.144. The number of aryl methyl sites for hydroxylation is 1. The molecule has 0 saturated heterocycles. The van der Waals surface area contributed by atoms with Gasteiger partial charge in [-0.1, -0.05) is 78.4 Å². The Kier molecular flexibility index (Phi) is 5.36. The third-order valence-corrected chi connectivity index (χ3v) is 4.35. The molecule has 3 aromatic carbocycles. The van der Waals surface area contributed by atoms with Crippen molar-refractivity contribution in [1.82, 2.24) is 0 Å². The number of rotatable bonds is 5. The number of benzene rings is 3. The van der Waals surface area contributed by atoms with Gasteiger partial charge in [0.05, 0.1) is 0 Å². The minimum Gasteiger partial charge on any atom is -0.322 e. The second-order valence-corrected chi connectivity index (χ2v) is 6.44. The van der Waals surface area contributed by atoms with Crippen molar-refractivity contribution in [3.05, 3.63) is 101 Å². The number of hydrogen-bond acceptors (Lipinski definition) is 2. The summed E-state index contributed by atoms with van der Waals surface area (Å²) in [5.74, 6) is -0.144. The molecule has 0 radical (unpaired) electrons. The zero-order valence-electron chi connectivity index (χ0n) is 14.0. The van der Waals surface area contributed by atoms with Crippen LogP contribution in [0.15, 0.2) is 78.9 Å². The van der Waals surface area contributed by atoms with Gasteiger partial charge in [0, 0.05) is 28.1 Å². The van der Waals surface area contributed by atoms with Crippen LogP contribution >= 0.6 is 12.2 Å². The van der Waals surface area contributed by atoms with Gasteiger partial charge in [0.25, 0.3) is 5.91 Å². The maximum absolute atomic E-state index is 12.7. The highest BCUT2D eigenvalue weighted by molar-refractivity contribution is 7.80. The van der Waals surface area contributed by atoms with E-state index in [-0.39, 0.29) is 5.91 Å². The van der Waals surface area contributed by atoms with E-state index >= 15 is 0 Å². The molecule has 0 saturated carbocycles. The smallest absolute Gasteiger partial charge is 0.256 e. The van der Waals surface area contributed by atoms with E-state index < -0.39 is 0 Å². The van der Waals surface area contributed by atoms with E-state index in [2.05, 4.69) is 5.32 Å². The van der Waals surface area contributed by atoms with Gasteiger partial charge in [-0.3, -0.25) is 4.79 Å². The summed E-state index contributed by atoms with van der Waals surface area (Å²) in [4.78, 5) is 13.5. The van der Waals surface area contributed by atoms with Crippen LogP contribution in [-0.4, -0.2) is 10.8 Å². The molecule has 0 heterocycles. The van der Waals surface area contributed by atoms with Crippen molar-refractivity contribution in [2.75, 3.05) is 5.32 Å². The highest BCUT2D eigenvalue weighted by Crippen LogP contribution is 2.17. The Morgan fingerprint density at radius 2 is 1.44 bits per heavy atom. The van der Waals surface area contributed by atoms with E-state index in [1.807, 2.05) is 85.8 Å². The fraction of sp³-hybridized carbons (Fsp3) is 0.0909. The Labute approximate surface area is 153 Å². The Morgan fingerprint density at radius 1 is 0.840 bits per heavy atom. The lowest BCUT2D eigenvalue weighted by molar-refractivity contribution is 0.102. The normalized spacial score (nSPS) is 10.3. The first-order chi connectivity index (χ1) is 12.1. The number of amides is 1. The molecule has 2 nitrogen and oxygen atoms in total. The third-order valence-electron chi connectivity index (χ3n) is 3.99. The fourth-order valence-electron chi connectivity index (χ4n) is 2.64. The molecule has 3 heteroatoms. The zero-order chi connectivity index (χ0) is 17.6. The SMILES string of the molecule is Cc1ccc(NC(=O)c2ccccc2C(=S)Cc2ccccc2)cc1. The summed E-state index contributed by atoms with van der Waals surface area (Å²) in [7, 11) is 0. The van der Waals surface area contributed by atoms with Crippen LogP contribution in [0.5, 0.6) is 0 Å². The fourth-order valence-corrected chi connectivity index (χ4v) is 2.98. The summed E-state index contributed by atoms with van der Waals surface area (Å²) in [6, 6.07) is 25.3. The number of carbonyl (C=O) groups excluding carboxylic acids is 1. The van der Waals surface area contributed by atoms with Crippen molar-refractivity contribution < 1.29 is 4.79 Å². The largest absolute Gasteiger partial charge is 0.322 e. The van der Waals surface area contributed by atoms with Gasteiger partial charge in [-0.05, 0) is 30.7 Å². The average molecular weight is 345 g/mol. The number of anilines is 1. The number of hydrogen-bond donors (Lipinski definition) is 1. The molecule has 3 aromatic rings. The molecule has 25 heavy (non-hydrogen) atoms. The molecule has 0 spiro atoms. The Bertz CT molecular complexity index is 885. The topological polar surface area (TPSA) is 29.1 Å². The van der Waals surface area contributed by atoms with Crippen molar-refractivity contribution in [2.24, 2.45) is 0 Å². The maximum atomic E-state index is 12.7. The maximum Gasteiger partial charge on any atom is 0.256 e. The molecule has 124 valence electrons. The first-order valence-electron chi connectivity index (χ1n) is 8.17. The molecule has 0 aliphatic rings. The monoisotopic (exact) mass is 345 g/mol. The average Bonchev–Trinajstić information content (AvgIpc) is 2.64. The van der Waals surface area contributed by atoms with Crippen molar-refractivity contribution in [3.8, 4) is 0 Å². The second-order valence-electron chi connectivity index (χ2n) is 5.95. The van der Waals surface area contributed by atoms with Gasteiger partial charge in [-0.15, -0.1) is 0 Å². The molecular weight excluding hydrogens is 326 g/mol. The van der Waals surface area contributed by atoms with E-state index in [1.54, 1.807) is 0 Å². The van der Waals surface area contributed by atoms with Gasteiger partial charge in [0.1, 0.15) is 0 Å². The molecule has 0 fully saturated rings. The lowest BCUT2D eigenvalue weighted by Crippen LogP contribution is -2.17. The molecule has 0 atom stereocenters. The molecule has 0 aliphatic heterocycles. The summed E-state index contributed by atoms with van der Waals surface area (Å²) >= 11 is 5.61. The van der Waals surface area contributed by atoms with Crippen LogP contribution in [0.4, 0.5) is 5.69 Å². The molecule has 0 aromatic heterocycles. The van der Waals surface area contributed by atoms with Gasteiger partial charge in [-0.2, -0.15) is 0 Å². The van der Waals surface area contributed by atoms with Crippen molar-refractivity contribution in [3.63, 3.8) is 0 Å². The van der Waals surface area contributed by atoms with Gasteiger partial charge in [0.2, 0.25) is 0 Å². The van der Waals surface area contributed by atoms with Crippen molar-refractivity contribution in [2.45, 2.75) is 13.3 Å². The van der Waals surface area contributed by atoms with Crippen LogP contribution in [0.3, 0.4) is 0 Å². The summed E-state index contributed by atoms with van der Waals surface area (Å²) in [6.45, 7) is 2.02. The van der Waals surface area contributed by atoms with Crippen LogP contribution in [0.2, 0.25) is 0 Å². The Morgan fingerprint density at radius 3 is 2.12 bits per heavy atom. The van der Waals surface area contributed by atoms with Crippen molar-refractivity contribution in [1.29, 1.82) is 0 Å². The highest BCUT2D eigenvalue weighted by atomic mass is 32.1. The van der Waals surface area contributed by atoms with Gasteiger partial charge < -0.3 is 5.32 Å². The van der Waals surface area contributed by atoms with Gasteiger partial charge in [-0.25, -0.2) is 0 Å². The lowest BCUT2D eigenvalue weighted by atomic mass is 9.99. The molecule has 1 N–H and O–H groups in total. The van der Waals surface area contributed by atoms with Crippen LogP contribution in [0.1, 0.15) is 27.0 Å². The molecule has 3 rings (SSSR count). The molecule has 1 amide bonds. The lowest BCUT2D eigenvalue weighted by Gasteiger charge is -2.11. The second kappa shape index (κ2) is 7.86.